The highest BCUT2D eigenvalue weighted by Gasteiger charge is 2.18. The summed E-state index contributed by atoms with van der Waals surface area (Å²) in [6.07, 6.45) is 0. The zero-order valence-electron chi connectivity index (χ0n) is 17.1. The number of thiazole rings is 1. The Hall–Kier alpha value is -3.43. The van der Waals surface area contributed by atoms with Crippen LogP contribution >= 0.6 is 11.3 Å². The first-order valence-corrected chi connectivity index (χ1v) is 12.1. The van der Waals surface area contributed by atoms with Gasteiger partial charge < -0.3 is 4.74 Å². The van der Waals surface area contributed by atoms with Crippen molar-refractivity contribution in [3.63, 3.8) is 0 Å². The molecular weight excluding hydrogens is 448 g/mol. The van der Waals surface area contributed by atoms with Crippen LogP contribution in [-0.4, -0.2) is 25.6 Å². The summed E-state index contributed by atoms with van der Waals surface area (Å²) in [6.45, 7) is 2.38. The van der Waals surface area contributed by atoms with Crippen LogP contribution in [0.15, 0.2) is 82.5 Å². The van der Waals surface area contributed by atoms with Crippen LogP contribution in [0, 0.1) is 0 Å². The maximum absolute atomic E-state index is 12.9. The normalized spacial score (nSPS) is 11.4. The van der Waals surface area contributed by atoms with Gasteiger partial charge in [0.25, 0.3) is 10.0 Å². The summed E-state index contributed by atoms with van der Waals surface area (Å²) in [6, 6.07) is 20.2. The molecule has 9 heteroatoms. The molecule has 0 bridgehead atoms. The number of nitrogens with zero attached hydrogens (tertiary/aromatic N) is 1. The number of carbonyl (C=O) groups is 1. The van der Waals surface area contributed by atoms with Crippen molar-refractivity contribution in [2.75, 3.05) is 11.3 Å². The predicted octanol–water partition coefficient (Wildman–Crippen LogP) is 4.09. The molecule has 0 saturated heterocycles. The molecule has 0 aliphatic heterocycles. The van der Waals surface area contributed by atoms with E-state index in [1.807, 2.05) is 30.3 Å². The molecule has 0 saturated carbocycles. The molecule has 4 aromatic rings. The third-order valence-electron chi connectivity index (χ3n) is 4.78. The molecule has 0 aliphatic carbocycles. The van der Waals surface area contributed by atoms with E-state index in [0.29, 0.717) is 28.0 Å². The second-order valence-corrected chi connectivity index (χ2v) is 9.65. The van der Waals surface area contributed by atoms with E-state index < -0.39 is 16.0 Å². The lowest BCUT2D eigenvalue weighted by Gasteiger charge is -2.09. The monoisotopic (exact) mass is 468 g/mol. The highest BCUT2D eigenvalue weighted by atomic mass is 32.2. The maximum atomic E-state index is 12.9. The SMILES string of the molecule is CCOC(=O)c1ccc(NS(=O)(=O)c2ccc3c(c2)sc(=O)n3Cc2ccccc2)cc1. The average molecular weight is 469 g/mol. The van der Waals surface area contributed by atoms with E-state index in [0.717, 1.165) is 16.9 Å². The van der Waals surface area contributed by atoms with Crippen LogP contribution in [0.5, 0.6) is 0 Å². The Balaban J connectivity index is 1.59. The number of sulfonamides is 1. The second-order valence-electron chi connectivity index (χ2n) is 6.97. The van der Waals surface area contributed by atoms with Crippen LogP contribution in [-0.2, 0) is 21.3 Å². The minimum Gasteiger partial charge on any atom is -0.462 e. The Morgan fingerprint density at radius 1 is 1.03 bits per heavy atom. The average Bonchev–Trinajstić information content (AvgIpc) is 3.09. The highest BCUT2D eigenvalue weighted by Crippen LogP contribution is 2.24. The standard InChI is InChI=1S/C23H20N2O5S2/c1-2-30-22(26)17-8-10-18(11-9-17)24-32(28,29)19-12-13-20-21(14-19)31-23(27)25(20)15-16-6-4-3-5-7-16/h3-14,24H,2,15H2,1H3. The van der Waals surface area contributed by atoms with Gasteiger partial charge in [0.15, 0.2) is 0 Å². The smallest absolute Gasteiger partial charge is 0.338 e. The lowest BCUT2D eigenvalue weighted by Crippen LogP contribution is -2.14. The number of carbonyl (C=O) groups excluding carboxylic acids is 1. The van der Waals surface area contributed by atoms with Gasteiger partial charge in [0.05, 0.1) is 33.8 Å². The van der Waals surface area contributed by atoms with E-state index in [4.69, 9.17) is 4.74 Å². The molecule has 0 unspecified atom stereocenters. The molecule has 32 heavy (non-hydrogen) atoms. The molecule has 164 valence electrons. The molecular formula is C23H20N2O5S2. The van der Waals surface area contributed by atoms with Crippen molar-refractivity contribution in [2.45, 2.75) is 18.4 Å². The predicted molar refractivity (Wildman–Crippen MR) is 125 cm³/mol. The molecule has 0 spiro atoms. The van der Waals surface area contributed by atoms with Gasteiger partial charge in [-0.1, -0.05) is 41.7 Å². The van der Waals surface area contributed by atoms with Crippen molar-refractivity contribution >= 4 is 43.2 Å². The first kappa shape index (κ1) is 21.8. The molecule has 0 radical (unpaired) electrons. The van der Waals surface area contributed by atoms with E-state index >= 15 is 0 Å². The van der Waals surface area contributed by atoms with Gasteiger partial charge in [-0.2, -0.15) is 0 Å². The Morgan fingerprint density at radius 3 is 2.44 bits per heavy atom. The topological polar surface area (TPSA) is 94.5 Å². The van der Waals surface area contributed by atoms with Crippen LogP contribution in [0.25, 0.3) is 10.2 Å². The molecule has 0 atom stereocenters. The summed E-state index contributed by atoms with van der Waals surface area (Å²) in [7, 11) is -3.88. The molecule has 3 aromatic carbocycles. The number of rotatable bonds is 7. The first-order valence-electron chi connectivity index (χ1n) is 9.85. The van der Waals surface area contributed by atoms with E-state index in [1.165, 1.54) is 36.4 Å². The minimum atomic E-state index is -3.88. The van der Waals surface area contributed by atoms with Crippen molar-refractivity contribution in [3.05, 3.63) is 93.6 Å². The Kier molecular flexibility index (Phi) is 6.11. The molecule has 1 heterocycles. The Labute approximate surface area is 189 Å². The number of hydrogen-bond donors (Lipinski definition) is 1. The number of hydrogen-bond acceptors (Lipinski definition) is 6. The summed E-state index contributed by atoms with van der Waals surface area (Å²) in [5.41, 5.74) is 2.31. The third kappa shape index (κ3) is 4.58. The van der Waals surface area contributed by atoms with Crippen molar-refractivity contribution < 1.29 is 17.9 Å². The van der Waals surface area contributed by atoms with Gasteiger partial charge in [-0.25, -0.2) is 13.2 Å². The van der Waals surface area contributed by atoms with Crippen molar-refractivity contribution in [3.8, 4) is 0 Å². The number of aromatic nitrogens is 1. The number of fused-ring (bicyclic) bond motifs is 1. The van der Waals surface area contributed by atoms with Crippen molar-refractivity contribution in [1.29, 1.82) is 0 Å². The van der Waals surface area contributed by atoms with Gasteiger partial charge in [0, 0.05) is 5.69 Å². The van der Waals surface area contributed by atoms with Crippen LogP contribution in [0.2, 0.25) is 0 Å². The summed E-state index contributed by atoms with van der Waals surface area (Å²) in [4.78, 5) is 24.1. The zero-order chi connectivity index (χ0) is 22.7. The first-order chi connectivity index (χ1) is 15.4. The molecule has 4 rings (SSSR count). The number of ether oxygens (including phenoxy) is 1. The van der Waals surface area contributed by atoms with Gasteiger partial charge >= 0.3 is 10.8 Å². The summed E-state index contributed by atoms with van der Waals surface area (Å²) >= 11 is 1.01. The number of benzene rings is 3. The number of nitrogens with one attached hydrogen (secondary N) is 1. The fourth-order valence-corrected chi connectivity index (χ4v) is 5.32. The number of esters is 1. The van der Waals surface area contributed by atoms with E-state index in [-0.39, 0.29) is 16.4 Å². The fourth-order valence-electron chi connectivity index (χ4n) is 3.23. The summed E-state index contributed by atoms with van der Waals surface area (Å²) in [5, 5.41) is 0. The van der Waals surface area contributed by atoms with Crippen LogP contribution in [0.1, 0.15) is 22.8 Å². The molecule has 1 N–H and O–H groups in total. The molecule has 0 amide bonds. The van der Waals surface area contributed by atoms with Crippen LogP contribution in [0.3, 0.4) is 0 Å². The van der Waals surface area contributed by atoms with Gasteiger partial charge in [-0.05, 0) is 55.0 Å². The van der Waals surface area contributed by atoms with Crippen molar-refractivity contribution in [2.24, 2.45) is 0 Å². The summed E-state index contributed by atoms with van der Waals surface area (Å²) in [5.74, 6) is -0.470. The zero-order valence-corrected chi connectivity index (χ0v) is 18.8. The quantitative estimate of drug-likeness (QED) is 0.412. The highest BCUT2D eigenvalue weighted by molar-refractivity contribution is 7.92. The van der Waals surface area contributed by atoms with Gasteiger partial charge in [0.2, 0.25) is 0 Å². The largest absolute Gasteiger partial charge is 0.462 e. The van der Waals surface area contributed by atoms with Gasteiger partial charge in [-0.3, -0.25) is 14.1 Å². The minimum absolute atomic E-state index is 0.0487. The summed E-state index contributed by atoms with van der Waals surface area (Å²) < 4.78 is 35.4. The maximum Gasteiger partial charge on any atom is 0.338 e. The Morgan fingerprint density at radius 2 is 1.75 bits per heavy atom. The van der Waals surface area contributed by atoms with Gasteiger partial charge in [-0.15, -0.1) is 0 Å². The molecule has 0 aliphatic rings. The van der Waals surface area contributed by atoms with E-state index in [1.54, 1.807) is 17.6 Å². The fraction of sp³-hybridized carbons (Fsp3) is 0.130. The van der Waals surface area contributed by atoms with Crippen molar-refractivity contribution in [1.82, 2.24) is 4.57 Å². The molecule has 0 fully saturated rings. The van der Waals surface area contributed by atoms with Gasteiger partial charge in [0.1, 0.15) is 0 Å². The molecule has 1 aromatic heterocycles. The molecule has 7 nitrogen and oxygen atoms in total. The van der Waals surface area contributed by atoms with Crippen LogP contribution < -0.4 is 9.60 Å². The number of anilines is 1. The Bertz CT molecular complexity index is 1420. The lowest BCUT2D eigenvalue weighted by molar-refractivity contribution is 0.0526. The van der Waals surface area contributed by atoms with E-state index in [2.05, 4.69) is 4.72 Å². The van der Waals surface area contributed by atoms with E-state index in [9.17, 15) is 18.0 Å². The third-order valence-corrected chi connectivity index (χ3v) is 7.10. The second kappa shape index (κ2) is 8.97. The van der Waals surface area contributed by atoms with Crippen LogP contribution in [0.4, 0.5) is 5.69 Å². The lowest BCUT2D eigenvalue weighted by atomic mass is 10.2.